The number of alkyl halides is 3. The smallest absolute Gasteiger partial charge is 0.422 e. The van der Waals surface area contributed by atoms with Crippen LogP contribution in [0.15, 0.2) is 49.6 Å². The highest BCUT2D eigenvalue weighted by molar-refractivity contribution is 5.86. The number of rotatable bonds is 4. The topological polar surface area (TPSA) is 26.3 Å². The van der Waals surface area contributed by atoms with E-state index < -0.39 is 18.8 Å². The third kappa shape index (κ3) is 8.47. The van der Waals surface area contributed by atoms with Gasteiger partial charge in [0.2, 0.25) is 0 Å². The Morgan fingerprint density at radius 3 is 1.90 bits per heavy atom. The van der Waals surface area contributed by atoms with Crippen LogP contribution in [0.2, 0.25) is 0 Å². The summed E-state index contributed by atoms with van der Waals surface area (Å²) in [6, 6.07) is 8.02. The van der Waals surface area contributed by atoms with Crippen molar-refractivity contribution in [2.75, 3.05) is 6.61 Å². The molecular formula is C16H17F3O2. The Bertz CT molecular complexity index is 489. The first-order valence-corrected chi connectivity index (χ1v) is 5.94. The van der Waals surface area contributed by atoms with Gasteiger partial charge in [0, 0.05) is 5.57 Å². The summed E-state index contributed by atoms with van der Waals surface area (Å²) in [5.41, 5.74) is 2.23. The van der Waals surface area contributed by atoms with Crippen LogP contribution in [0.1, 0.15) is 18.1 Å². The van der Waals surface area contributed by atoms with Crippen molar-refractivity contribution in [3.8, 4) is 0 Å². The summed E-state index contributed by atoms with van der Waals surface area (Å²) < 4.78 is 37.9. The van der Waals surface area contributed by atoms with Gasteiger partial charge in [-0.25, -0.2) is 4.79 Å². The van der Waals surface area contributed by atoms with Gasteiger partial charge in [0.15, 0.2) is 6.61 Å². The lowest BCUT2D eigenvalue weighted by atomic mass is 10.1. The van der Waals surface area contributed by atoms with E-state index in [-0.39, 0.29) is 5.57 Å². The van der Waals surface area contributed by atoms with Crippen molar-refractivity contribution in [2.45, 2.75) is 13.1 Å². The maximum absolute atomic E-state index is 11.4. The van der Waals surface area contributed by atoms with E-state index in [0.29, 0.717) is 0 Å². The van der Waals surface area contributed by atoms with Crippen LogP contribution in [0.25, 0.3) is 12.2 Å². The van der Waals surface area contributed by atoms with Crippen LogP contribution in [0.5, 0.6) is 0 Å². The Hall–Kier alpha value is -2.30. The molecule has 2 nitrogen and oxygen atoms in total. The van der Waals surface area contributed by atoms with E-state index in [1.165, 1.54) is 6.92 Å². The van der Waals surface area contributed by atoms with Crippen LogP contribution in [-0.2, 0) is 9.53 Å². The standard InChI is InChI=1S/C10H10.C6H7F3O2/c1-3-9-7-5-6-8-10(9)4-2;1-4(2)5(10)11-3-6(7,8)9/h3-8H,1-2H2;1,3H2,2H3. The second kappa shape index (κ2) is 8.79. The molecule has 0 N–H and O–H groups in total. The Labute approximate surface area is 122 Å². The molecule has 0 aromatic heterocycles. The monoisotopic (exact) mass is 298 g/mol. The van der Waals surface area contributed by atoms with Gasteiger partial charge in [-0.2, -0.15) is 13.2 Å². The van der Waals surface area contributed by atoms with Crippen LogP contribution in [0.4, 0.5) is 13.2 Å². The highest BCUT2D eigenvalue weighted by Crippen LogP contribution is 2.15. The van der Waals surface area contributed by atoms with E-state index in [4.69, 9.17) is 0 Å². The van der Waals surface area contributed by atoms with Crippen molar-refractivity contribution >= 4 is 18.1 Å². The molecule has 0 aliphatic carbocycles. The van der Waals surface area contributed by atoms with Crippen molar-refractivity contribution in [3.63, 3.8) is 0 Å². The summed E-state index contributed by atoms with van der Waals surface area (Å²) in [6.45, 7) is 10.2. The summed E-state index contributed by atoms with van der Waals surface area (Å²) in [6.07, 6.45) is -0.806. The van der Waals surface area contributed by atoms with E-state index in [2.05, 4.69) is 24.5 Å². The number of halogens is 3. The van der Waals surface area contributed by atoms with Crippen molar-refractivity contribution in [1.29, 1.82) is 0 Å². The summed E-state index contributed by atoms with van der Waals surface area (Å²) >= 11 is 0. The Morgan fingerprint density at radius 2 is 1.62 bits per heavy atom. The summed E-state index contributed by atoms with van der Waals surface area (Å²) in [7, 11) is 0. The molecule has 0 heterocycles. The third-order valence-electron chi connectivity index (χ3n) is 2.15. The number of carbonyl (C=O) groups excluding carboxylic acids is 1. The van der Waals surface area contributed by atoms with E-state index in [9.17, 15) is 18.0 Å². The minimum absolute atomic E-state index is 0.0470. The molecule has 0 saturated carbocycles. The minimum atomic E-state index is -4.47. The fourth-order valence-corrected chi connectivity index (χ4v) is 1.15. The van der Waals surface area contributed by atoms with Gasteiger partial charge in [-0.1, -0.05) is 56.2 Å². The van der Waals surface area contributed by atoms with E-state index >= 15 is 0 Å². The molecule has 0 aliphatic heterocycles. The van der Waals surface area contributed by atoms with Gasteiger partial charge in [0.1, 0.15) is 0 Å². The molecule has 1 rings (SSSR count). The number of ether oxygens (including phenoxy) is 1. The molecule has 21 heavy (non-hydrogen) atoms. The predicted octanol–water partition coefficient (Wildman–Crippen LogP) is 4.64. The second-order valence-corrected chi connectivity index (χ2v) is 4.01. The average molecular weight is 298 g/mol. The first-order chi connectivity index (χ1) is 9.71. The van der Waals surface area contributed by atoms with Crippen molar-refractivity contribution in [3.05, 3.63) is 60.7 Å². The summed E-state index contributed by atoms with van der Waals surface area (Å²) in [4.78, 5) is 10.4. The summed E-state index contributed by atoms with van der Waals surface area (Å²) in [5, 5.41) is 0. The molecule has 0 spiro atoms. The zero-order valence-electron chi connectivity index (χ0n) is 11.7. The molecule has 0 aliphatic rings. The van der Waals surface area contributed by atoms with Crippen LogP contribution >= 0.6 is 0 Å². The molecule has 114 valence electrons. The van der Waals surface area contributed by atoms with Gasteiger partial charge in [0.05, 0.1) is 0 Å². The van der Waals surface area contributed by atoms with Crippen LogP contribution in [0, 0.1) is 0 Å². The molecule has 0 unspecified atom stereocenters. The Balaban J connectivity index is 0.000000382. The molecule has 5 heteroatoms. The fraction of sp³-hybridized carbons (Fsp3) is 0.188. The highest BCUT2D eigenvalue weighted by atomic mass is 19.4. The highest BCUT2D eigenvalue weighted by Gasteiger charge is 2.29. The van der Waals surface area contributed by atoms with Crippen LogP contribution < -0.4 is 0 Å². The van der Waals surface area contributed by atoms with Gasteiger partial charge < -0.3 is 4.74 Å². The Morgan fingerprint density at radius 1 is 1.19 bits per heavy atom. The number of hydrogen-bond acceptors (Lipinski definition) is 2. The van der Waals surface area contributed by atoms with E-state index in [1.807, 2.05) is 36.4 Å². The van der Waals surface area contributed by atoms with E-state index in [1.54, 1.807) is 0 Å². The predicted molar refractivity (Wildman–Crippen MR) is 78.5 cm³/mol. The number of benzene rings is 1. The largest absolute Gasteiger partial charge is 0.453 e. The van der Waals surface area contributed by atoms with Crippen molar-refractivity contribution < 1.29 is 22.7 Å². The SMILES string of the molecule is C=C(C)C(=O)OCC(F)(F)F.C=Cc1ccccc1C=C. The van der Waals surface area contributed by atoms with Crippen LogP contribution in [0.3, 0.4) is 0 Å². The number of hydrogen-bond donors (Lipinski definition) is 0. The lowest BCUT2D eigenvalue weighted by Gasteiger charge is -2.06. The van der Waals surface area contributed by atoms with Gasteiger partial charge in [-0.15, -0.1) is 0 Å². The lowest BCUT2D eigenvalue weighted by Crippen LogP contribution is -2.20. The minimum Gasteiger partial charge on any atom is -0.453 e. The Kier molecular flexibility index (Phi) is 7.83. The van der Waals surface area contributed by atoms with Gasteiger partial charge in [-0.3, -0.25) is 0 Å². The lowest BCUT2D eigenvalue weighted by molar-refractivity contribution is -0.183. The van der Waals surface area contributed by atoms with Gasteiger partial charge in [0.25, 0.3) is 0 Å². The van der Waals surface area contributed by atoms with Gasteiger partial charge in [-0.05, 0) is 18.1 Å². The van der Waals surface area contributed by atoms with Gasteiger partial charge >= 0.3 is 12.1 Å². The average Bonchev–Trinajstić information content (AvgIpc) is 2.44. The first kappa shape index (κ1) is 18.7. The zero-order valence-corrected chi connectivity index (χ0v) is 11.7. The molecule has 0 bridgehead atoms. The molecule has 0 radical (unpaired) electrons. The first-order valence-electron chi connectivity index (χ1n) is 5.94. The number of carbonyl (C=O) groups is 1. The second-order valence-electron chi connectivity index (χ2n) is 4.01. The maximum atomic E-state index is 11.4. The fourth-order valence-electron chi connectivity index (χ4n) is 1.15. The normalized spacial score (nSPS) is 9.90. The molecule has 1 aromatic carbocycles. The molecular weight excluding hydrogens is 281 g/mol. The molecule has 0 atom stereocenters. The number of esters is 1. The maximum Gasteiger partial charge on any atom is 0.422 e. The molecule has 0 saturated heterocycles. The quantitative estimate of drug-likeness (QED) is 0.598. The van der Waals surface area contributed by atoms with Crippen molar-refractivity contribution in [1.82, 2.24) is 0 Å². The molecule has 1 aromatic rings. The zero-order chi connectivity index (χ0) is 16.5. The van der Waals surface area contributed by atoms with Crippen molar-refractivity contribution in [2.24, 2.45) is 0 Å². The van der Waals surface area contributed by atoms with Crippen LogP contribution in [-0.4, -0.2) is 18.8 Å². The molecule has 0 fully saturated rings. The third-order valence-corrected chi connectivity index (χ3v) is 2.15. The summed E-state index contributed by atoms with van der Waals surface area (Å²) in [5.74, 6) is -1.03. The molecule has 0 amide bonds. The van der Waals surface area contributed by atoms with E-state index in [0.717, 1.165) is 11.1 Å².